The van der Waals surface area contributed by atoms with Crippen LogP contribution in [0.4, 0.5) is 19.0 Å². The number of likely N-dealkylation sites (tertiary alicyclic amines) is 1. The summed E-state index contributed by atoms with van der Waals surface area (Å²) >= 11 is 0. The van der Waals surface area contributed by atoms with Gasteiger partial charge in [0.2, 0.25) is 0 Å². The molecule has 1 aromatic carbocycles. The van der Waals surface area contributed by atoms with Gasteiger partial charge in [-0.2, -0.15) is 13.2 Å². The van der Waals surface area contributed by atoms with Crippen LogP contribution in [-0.4, -0.2) is 34.0 Å². The van der Waals surface area contributed by atoms with Gasteiger partial charge in [0.25, 0.3) is 0 Å². The average molecular weight is 376 g/mol. The highest BCUT2D eigenvalue weighted by Gasteiger charge is 2.46. The zero-order valence-corrected chi connectivity index (χ0v) is 15.0. The lowest BCUT2D eigenvalue weighted by molar-refractivity contribution is -0.141. The molecule has 1 spiro atoms. The summed E-state index contributed by atoms with van der Waals surface area (Å²) in [6.45, 7) is 3.14. The molecule has 2 fully saturated rings. The maximum Gasteiger partial charge on any atom is 0.433 e. The van der Waals surface area contributed by atoms with Crippen LogP contribution >= 0.6 is 0 Å². The molecule has 4 rings (SSSR count). The maximum absolute atomic E-state index is 12.8. The highest BCUT2D eigenvalue weighted by Crippen LogP contribution is 2.50. The van der Waals surface area contributed by atoms with Crippen LogP contribution in [-0.2, 0) is 12.7 Å². The third kappa shape index (κ3) is 4.24. The normalized spacial score (nSPS) is 20.4. The first-order chi connectivity index (χ1) is 12.9. The third-order valence-corrected chi connectivity index (χ3v) is 5.83. The Kier molecular flexibility index (Phi) is 4.80. The van der Waals surface area contributed by atoms with Crippen LogP contribution in [0, 0.1) is 5.41 Å². The smallest absolute Gasteiger partial charge is 0.367 e. The molecule has 4 nitrogen and oxygen atoms in total. The van der Waals surface area contributed by atoms with Crippen molar-refractivity contribution in [3.05, 3.63) is 54.0 Å². The number of benzene rings is 1. The van der Waals surface area contributed by atoms with Gasteiger partial charge in [0.15, 0.2) is 0 Å². The minimum Gasteiger partial charge on any atom is -0.367 e. The Labute approximate surface area is 156 Å². The molecule has 27 heavy (non-hydrogen) atoms. The van der Waals surface area contributed by atoms with Gasteiger partial charge in [0.1, 0.15) is 17.8 Å². The van der Waals surface area contributed by atoms with Gasteiger partial charge in [-0.3, -0.25) is 4.90 Å². The van der Waals surface area contributed by atoms with Gasteiger partial charge in [0, 0.05) is 18.7 Å². The molecule has 7 heteroatoms. The SMILES string of the molecule is FC(F)(F)c1cc(NC2CC3(CCN(Cc4ccccc4)CC3)C2)ncn1. The lowest BCUT2D eigenvalue weighted by Crippen LogP contribution is -2.51. The van der Waals surface area contributed by atoms with E-state index in [1.54, 1.807) is 0 Å². The van der Waals surface area contributed by atoms with Gasteiger partial charge in [-0.15, -0.1) is 0 Å². The Morgan fingerprint density at radius 1 is 1.07 bits per heavy atom. The fourth-order valence-corrected chi connectivity index (χ4v) is 4.32. The third-order valence-electron chi connectivity index (χ3n) is 5.83. The maximum atomic E-state index is 12.8. The summed E-state index contributed by atoms with van der Waals surface area (Å²) in [5.41, 5.74) is 0.777. The van der Waals surface area contributed by atoms with Crippen LogP contribution in [0.3, 0.4) is 0 Å². The van der Waals surface area contributed by atoms with Crippen molar-refractivity contribution in [2.75, 3.05) is 18.4 Å². The molecule has 144 valence electrons. The molecule has 0 unspecified atom stereocenters. The number of hydrogen-bond acceptors (Lipinski definition) is 4. The van der Waals surface area contributed by atoms with Crippen LogP contribution in [0.25, 0.3) is 0 Å². The molecule has 1 aliphatic heterocycles. The van der Waals surface area contributed by atoms with Crippen LogP contribution in [0.5, 0.6) is 0 Å². The Bertz CT molecular complexity index is 762. The summed E-state index contributed by atoms with van der Waals surface area (Å²) < 4.78 is 38.3. The number of piperidine rings is 1. The van der Waals surface area contributed by atoms with Gasteiger partial charge in [-0.1, -0.05) is 30.3 Å². The molecule has 0 bridgehead atoms. The Morgan fingerprint density at radius 2 is 1.78 bits per heavy atom. The van der Waals surface area contributed by atoms with Gasteiger partial charge in [-0.05, 0) is 49.8 Å². The molecular weight excluding hydrogens is 353 g/mol. The molecule has 1 saturated carbocycles. The first-order valence-electron chi connectivity index (χ1n) is 9.34. The van der Waals surface area contributed by atoms with Gasteiger partial charge in [-0.25, -0.2) is 9.97 Å². The van der Waals surface area contributed by atoms with Gasteiger partial charge in [0.05, 0.1) is 0 Å². The van der Waals surface area contributed by atoms with Gasteiger partial charge < -0.3 is 5.32 Å². The predicted molar refractivity (Wildman–Crippen MR) is 97.1 cm³/mol. The van der Waals surface area contributed by atoms with E-state index < -0.39 is 11.9 Å². The van der Waals surface area contributed by atoms with Crippen molar-refractivity contribution >= 4 is 5.82 Å². The summed E-state index contributed by atoms with van der Waals surface area (Å²) in [5, 5.41) is 3.15. The molecule has 2 aromatic rings. The Morgan fingerprint density at radius 3 is 2.44 bits per heavy atom. The number of alkyl halides is 3. The first-order valence-corrected chi connectivity index (χ1v) is 9.34. The van der Waals surface area contributed by atoms with Crippen LogP contribution in [0.2, 0.25) is 0 Å². The number of rotatable bonds is 4. The quantitative estimate of drug-likeness (QED) is 0.861. The topological polar surface area (TPSA) is 41.0 Å². The van der Waals surface area contributed by atoms with E-state index in [2.05, 4.69) is 44.5 Å². The second kappa shape index (κ2) is 7.11. The molecule has 0 atom stereocenters. The van der Waals surface area contributed by atoms with E-state index in [1.807, 2.05) is 6.07 Å². The standard InChI is InChI=1S/C20H23F3N4/c21-20(22,23)17-10-18(25-14-24-17)26-16-11-19(12-16)6-8-27(9-7-19)13-15-4-2-1-3-5-15/h1-5,10,14,16H,6-9,11-13H2,(H,24,25,26). The number of anilines is 1. The second-order valence-electron chi connectivity index (χ2n) is 7.80. The van der Waals surface area contributed by atoms with Crippen molar-refractivity contribution in [2.24, 2.45) is 5.41 Å². The van der Waals surface area contributed by atoms with Crippen LogP contribution in [0.1, 0.15) is 36.9 Å². The zero-order valence-electron chi connectivity index (χ0n) is 15.0. The largest absolute Gasteiger partial charge is 0.433 e. The number of hydrogen-bond donors (Lipinski definition) is 1. The van der Waals surface area contributed by atoms with E-state index in [4.69, 9.17) is 0 Å². The second-order valence-corrected chi connectivity index (χ2v) is 7.80. The lowest BCUT2D eigenvalue weighted by atomic mass is 9.60. The molecule has 1 saturated heterocycles. The van der Waals surface area contributed by atoms with Crippen molar-refractivity contribution in [1.29, 1.82) is 0 Å². The van der Waals surface area contributed by atoms with Crippen molar-refractivity contribution in [2.45, 2.75) is 44.4 Å². The van der Waals surface area contributed by atoms with E-state index in [1.165, 1.54) is 5.56 Å². The molecule has 0 radical (unpaired) electrons. The Balaban J connectivity index is 1.26. The number of nitrogens with zero attached hydrogens (tertiary/aromatic N) is 3. The molecule has 0 amide bonds. The minimum absolute atomic E-state index is 0.196. The van der Waals surface area contributed by atoms with E-state index >= 15 is 0 Å². The highest BCUT2D eigenvalue weighted by molar-refractivity contribution is 5.38. The fourth-order valence-electron chi connectivity index (χ4n) is 4.32. The van der Waals surface area contributed by atoms with Gasteiger partial charge >= 0.3 is 6.18 Å². The van der Waals surface area contributed by atoms with E-state index in [9.17, 15) is 13.2 Å². The summed E-state index contributed by atoms with van der Waals surface area (Å²) in [4.78, 5) is 9.73. The zero-order chi connectivity index (χ0) is 18.9. The molecule has 2 heterocycles. The van der Waals surface area contributed by atoms with E-state index in [0.29, 0.717) is 5.41 Å². The minimum atomic E-state index is -4.44. The monoisotopic (exact) mass is 376 g/mol. The lowest BCUT2D eigenvalue weighted by Gasteiger charge is -2.52. The number of aromatic nitrogens is 2. The van der Waals surface area contributed by atoms with E-state index in [0.717, 1.165) is 57.7 Å². The Hall–Kier alpha value is -2.15. The van der Waals surface area contributed by atoms with Crippen LogP contribution < -0.4 is 5.32 Å². The molecular formula is C20H23F3N4. The number of halogens is 3. The summed E-state index contributed by atoms with van der Waals surface area (Å²) in [7, 11) is 0. The molecule has 1 N–H and O–H groups in total. The van der Waals surface area contributed by atoms with E-state index in [-0.39, 0.29) is 11.9 Å². The summed E-state index contributed by atoms with van der Waals surface area (Å²) in [5.74, 6) is 0.263. The van der Waals surface area contributed by atoms with Crippen molar-refractivity contribution in [1.82, 2.24) is 14.9 Å². The fraction of sp³-hybridized carbons (Fsp3) is 0.500. The predicted octanol–water partition coefficient (Wildman–Crippen LogP) is 4.35. The average Bonchev–Trinajstić information content (AvgIpc) is 2.62. The number of nitrogens with one attached hydrogen (secondary N) is 1. The summed E-state index contributed by atoms with van der Waals surface area (Å²) in [6.07, 6.45) is 0.827. The molecule has 1 aliphatic carbocycles. The molecule has 2 aliphatic rings. The molecule has 1 aromatic heterocycles. The first kappa shape index (κ1) is 18.2. The van der Waals surface area contributed by atoms with Crippen molar-refractivity contribution in [3.63, 3.8) is 0 Å². The highest BCUT2D eigenvalue weighted by atomic mass is 19.4. The van der Waals surface area contributed by atoms with Crippen LogP contribution in [0.15, 0.2) is 42.7 Å². The van der Waals surface area contributed by atoms with Crippen molar-refractivity contribution in [3.8, 4) is 0 Å². The van der Waals surface area contributed by atoms with Crippen molar-refractivity contribution < 1.29 is 13.2 Å². The summed E-state index contributed by atoms with van der Waals surface area (Å²) in [6, 6.07) is 11.7.